The molecule has 194 valence electrons. The molecule has 0 aliphatic heterocycles. The van der Waals surface area contributed by atoms with E-state index in [1.54, 1.807) is 0 Å². The molecule has 1 amide bonds. The summed E-state index contributed by atoms with van der Waals surface area (Å²) in [4.78, 5) is 12.3. The van der Waals surface area contributed by atoms with Crippen LogP contribution in [0.1, 0.15) is 96.8 Å². The zero-order chi connectivity index (χ0) is 25.2. The summed E-state index contributed by atoms with van der Waals surface area (Å²) >= 11 is 23.3. The van der Waals surface area contributed by atoms with Crippen LogP contribution in [0.25, 0.3) is 0 Å². The summed E-state index contributed by atoms with van der Waals surface area (Å²) < 4.78 is 11.2. The molecule has 34 heavy (non-hydrogen) atoms. The molecular weight excluding hydrogens is 516 g/mol. The van der Waals surface area contributed by atoms with Crippen molar-refractivity contribution in [2.45, 2.75) is 107 Å². The minimum Gasteiger partial charge on any atom is -0.339 e. The van der Waals surface area contributed by atoms with Crippen molar-refractivity contribution in [1.29, 1.82) is 0 Å². The van der Waals surface area contributed by atoms with Crippen LogP contribution in [0, 0.1) is 5.82 Å². The third kappa shape index (κ3) is 16.0. The lowest BCUT2D eigenvalue weighted by Gasteiger charge is -2.27. The number of halogens is 4. The standard InChI is InChI=1S/C25H39Cl3FN3OS/c1-2-3-4-5-6-7-8-9-10-11-12-13-14-15-22(33)31-23(25(26,27)28)32-24(34)30-21-18-16-20(29)17-19-21/h16-19,23H,2-15H2,1H3,(H,31,33)(H2,30,32,34)/t23-/m1/s1. The largest absolute Gasteiger partial charge is 0.339 e. The number of benzene rings is 1. The molecule has 0 radical (unpaired) electrons. The Labute approximate surface area is 225 Å². The minimum atomic E-state index is -1.81. The van der Waals surface area contributed by atoms with Gasteiger partial charge in [-0.2, -0.15) is 0 Å². The average Bonchev–Trinajstić information content (AvgIpc) is 2.77. The third-order valence-corrected chi connectivity index (χ3v) is 6.39. The number of nitrogens with one attached hydrogen (secondary N) is 3. The summed E-state index contributed by atoms with van der Waals surface area (Å²) in [6.45, 7) is 2.25. The van der Waals surface area contributed by atoms with E-state index in [0.29, 0.717) is 12.1 Å². The van der Waals surface area contributed by atoms with Crippen molar-refractivity contribution in [2.75, 3.05) is 5.32 Å². The number of carbonyl (C=O) groups is 1. The fraction of sp³-hybridized carbons (Fsp3) is 0.680. The summed E-state index contributed by atoms with van der Waals surface area (Å²) in [5, 5.41) is 8.50. The lowest BCUT2D eigenvalue weighted by molar-refractivity contribution is -0.122. The smallest absolute Gasteiger partial charge is 0.228 e. The van der Waals surface area contributed by atoms with E-state index >= 15 is 0 Å². The second kappa shape index (κ2) is 18.4. The van der Waals surface area contributed by atoms with Gasteiger partial charge in [-0.25, -0.2) is 4.39 Å². The molecule has 0 saturated heterocycles. The zero-order valence-electron chi connectivity index (χ0n) is 20.1. The van der Waals surface area contributed by atoms with Gasteiger partial charge in [-0.3, -0.25) is 4.79 Å². The maximum atomic E-state index is 13.0. The van der Waals surface area contributed by atoms with Crippen molar-refractivity contribution < 1.29 is 9.18 Å². The Balaban J connectivity index is 2.17. The number of unbranched alkanes of at least 4 members (excludes halogenated alkanes) is 12. The zero-order valence-corrected chi connectivity index (χ0v) is 23.2. The van der Waals surface area contributed by atoms with Crippen LogP contribution in [0.4, 0.5) is 10.1 Å². The van der Waals surface area contributed by atoms with Gasteiger partial charge >= 0.3 is 0 Å². The molecule has 0 aliphatic carbocycles. The predicted molar refractivity (Wildman–Crippen MR) is 148 cm³/mol. The van der Waals surface area contributed by atoms with E-state index in [1.807, 2.05) is 0 Å². The van der Waals surface area contributed by atoms with Gasteiger partial charge in [0.15, 0.2) is 5.11 Å². The number of hydrogen-bond donors (Lipinski definition) is 3. The van der Waals surface area contributed by atoms with Gasteiger partial charge < -0.3 is 16.0 Å². The van der Waals surface area contributed by atoms with Crippen LogP contribution in [0.2, 0.25) is 0 Å². The fourth-order valence-corrected chi connectivity index (χ4v) is 4.13. The number of thiocarbonyl (C=S) groups is 1. The summed E-state index contributed by atoms with van der Waals surface area (Å²) in [6, 6.07) is 5.66. The first-order valence-electron chi connectivity index (χ1n) is 12.4. The maximum absolute atomic E-state index is 13.0. The molecule has 0 spiro atoms. The SMILES string of the molecule is CCCCCCCCCCCCCCCC(=O)N[C@H](NC(=S)Nc1ccc(F)cc1)C(Cl)(Cl)Cl. The van der Waals surface area contributed by atoms with E-state index in [0.717, 1.165) is 19.3 Å². The van der Waals surface area contributed by atoms with Gasteiger partial charge in [0.2, 0.25) is 9.70 Å². The van der Waals surface area contributed by atoms with E-state index < -0.39 is 9.96 Å². The van der Waals surface area contributed by atoms with Gasteiger partial charge in [0.25, 0.3) is 0 Å². The highest BCUT2D eigenvalue weighted by Gasteiger charge is 2.34. The highest BCUT2D eigenvalue weighted by Crippen LogP contribution is 2.29. The molecular formula is C25H39Cl3FN3OS. The molecule has 0 fully saturated rings. The van der Waals surface area contributed by atoms with Crippen molar-refractivity contribution in [1.82, 2.24) is 10.6 Å². The monoisotopic (exact) mass is 553 g/mol. The number of hydrogen-bond acceptors (Lipinski definition) is 2. The molecule has 0 aliphatic rings. The Morgan fingerprint density at radius 2 is 1.32 bits per heavy atom. The van der Waals surface area contributed by atoms with Gasteiger partial charge in [0, 0.05) is 12.1 Å². The lowest BCUT2D eigenvalue weighted by atomic mass is 10.0. The van der Waals surface area contributed by atoms with Crippen molar-refractivity contribution >= 4 is 63.7 Å². The van der Waals surface area contributed by atoms with E-state index in [1.165, 1.54) is 88.5 Å². The van der Waals surface area contributed by atoms with Gasteiger partial charge in [-0.1, -0.05) is 119 Å². The molecule has 0 unspecified atom stereocenters. The summed E-state index contributed by atoms with van der Waals surface area (Å²) in [5.41, 5.74) is 0.570. The predicted octanol–water partition coefficient (Wildman–Crippen LogP) is 8.41. The average molecular weight is 555 g/mol. The Kier molecular flexibility index (Phi) is 16.9. The third-order valence-electron chi connectivity index (χ3n) is 5.52. The van der Waals surface area contributed by atoms with Gasteiger partial charge in [-0.15, -0.1) is 0 Å². The van der Waals surface area contributed by atoms with E-state index in [2.05, 4.69) is 22.9 Å². The first-order chi connectivity index (χ1) is 16.2. The number of anilines is 1. The van der Waals surface area contributed by atoms with Crippen molar-refractivity contribution in [3.05, 3.63) is 30.1 Å². The van der Waals surface area contributed by atoms with Crippen LogP contribution in [0.15, 0.2) is 24.3 Å². The molecule has 1 rings (SSSR count). The number of amides is 1. The molecule has 9 heteroatoms. The molecule has 1 atom stereocenters. The van der Waals surface area contributed by atoms with Crippen LogP contribution in [-0.4, -0.2) is 21.0 Å². The first-order valence-corrected chi connectivity index (χ1v) is 14.0. The van der Waals surface area contributed by atoms with Crippen LogP contribution >= 0.6 is 47.0 Å². The Hall–Kier alpha value is -0.820. The Morgan fingerprint density at radius 1 is 0.853 bits per heavy atom. The number of alkyl halides is 3. The van der Waals surface area contributed by atoms with Crippen LogP contribution in [-0.2, 0) is 4.79 Å². The molecule has 1 aromatic rings. The minimum absolute atomic E-state index is 0.143. The van der Waals surface area contributed by atoms with Crippen LogP contribution in [0.3, 0.4) is 0 Å². The fourth-order valence-electron chi connectivity index (χ4n) is 3.57. The van der Waals surface area contributed by atoms with E-state index in [9.17, 15) is 9.18 Å². The summed E-state index contributed by atoms with van der Waals surface area (Å²) in [7, 11) is 0. The summed E-state index contributed by atoms with van der Waals surface area (Å²) in [5.74, 6) is -0.569. The topological polar surface area (TPSA) is 53.2 Å². The second-order valence-electron chi connectivity index (χ2n) is 8.64. The van der Waals surface area contributed by atoms with Crippen LogP contribution < -0.4 is 16.0 Å². The van der Waals surface area contributed by atoms with Gasteiger partial charge in [0.05, 0.1) is 0 Å². The molecule has 4 nitrogen and oxygen atoms in total. The van der Waals surface area contributed by atoms with E-state index in [-0.39, 0.29) is 16.8 Å². The first kappa shape index (κ1) is 31.2. The van der Waals surface area contributed by atoms with Crippen molar-refractivity contribution in [3.63, 3.8) is 0 Å². The molecule has 0 aromatic heterocycles. The lowest BCUT2D eigenvalue weighted by Crippen LogP contribution is -2.56. The number of carbonyl (C=O) groups excluding carboxylic acids is 1. The second-order valence-corrected chi connectivity index (χ2v) is 11.4. The van der Waals surface area contributed by atoms with Gasteiger partial charge in [-0.05, 0) is 42.9 Å². The molecule has 0 bridgehead atoms. The van der Waals surface area contributed by atoms with Crippen molar-refractivity contribution in [2.24, 2.45) is 0 Å². The normalized spacial score (nSPS) is 12.3. The highest BCUT2D eigenvalue weighted by molar-refractivity contribution is 7.80. The molecule has 0 saturated carbocycles. The quantitative estimate of drug-likeness (QED) is 0.0783. The van der Waals surface area contributed by atoms with Crippen molar-refractivity contribution in [3.8, 4) is 0 Å². The summed E-state index contributed by atoms with van der Waals surface area (Å²) in [6.07, 6.45) is 15.5. The maximum Gasteiger partial charge on any atom is 0.228 e. The number of rotatable bonds is 17. The van der Waals surface area contributed by atoms with E-state index in [4.69, 9.17) is 47.0 Å². The Morgan fingerprint density at radius 3 is 1.79 bits per heavy atom. The van der Waals surface area contributed by atoms with Crippen LogP contribution in [0.5, 0.6) is 0 Å². The van der Waals surface area contributed by atoms with Gasteiger partial charge in [0.1, 0.15) is 12.0 Å². The highest BCUT2D eigenvalue weighted by atomic mass is 35.6. The molecule has 0 heterocycles. The Bertz CT molecular complexity index is 702. The molecule has 3 N–H and O–H groups in total. The molecule has 1 aromatic carbocycles.